The molecule has 0 amide bonds. The monoisotopic (exact) mass is 423 g/mol. The van der Waals surface area contributed by atoms with Gasteiger partial charge in [-0.05, 0) is 49.1 Å². The van der Waals surface area contributed by atoms with E-state index < -0.39 is 0 Å². The van der Waals surface area contributed by atoms with Gasteiger partial charge < -0.3 is 15.0 Å². The minimum Gasteiger partial charge on any atom is -0.378 e. The molecule has 6 heteroatoms. The number of hydrogen-bond donors (Lipinski definition) is 1. The number of thiophene rings is 1. The fraction of sp³-hybridized carbons (Fsp3) is 0.667. The number of nitrogens with zero attached hydrogens (tertiary/aromatic N) is 2. The molecule has 1 aromatic rings. The Labute approximate surface area is 149 Å². The lowest BCUT2D eigenvalue weighted by Crippen LogP contribution is -2.47. The Balaban J connectivity index is 0.00000220. The van der Waals surface area contributed by atoms with Crippen molar-refractivity contribution in [1.29, 1.82) is 0 Å². The summed E-state index contributed by atoms with van der Waals surface area (Å²) >= 11 is 1.73. The third-order valence-electron chi connectivity index (χ3n) is 3.47. The van der Waals surface area contributed by atoms with Crippen LogP contribution in [0.25, 0.3) is 0 Å². The molecule has 1 N–H and O–H groups in total. The molecule has 0 radical (unpaired) electrons. The highest BCUT2D eigenvalue weighted by atomic mass is 127. The first-order valence-electron chi connectivity index (χ1n) is 7.49. The van der Waals surface area contributed by atoms with Crippen LogP contribution in [-0.2, 0) is 11.3 Å². The second kappa shape index (κ2) is 10.4. The third kappa shape index (κ3) is 6.12. The summed E-state index contributed by atoms with van der Waals surface area (Å²) < 4.78 is 5.70. The molecule has 2 rings (SSSR count). The lowest BCUT2D eigenvalue weighted by atomic mass is 10.1. The Morgan fingerprint density at radius 3 is 2.76 bits per heavy atom. The SMILES string of the molecule is CCNC(=NCc1ccsc1)N1CCC(OCC)CC1.I. The first kappa shape index (κ1) is 18.7. The van der Waals surface area contributed by atoms with Gasteiger partial charge in [0.15, 0.2) is 5.96 Å². The van der Waals surface area contributed by atoms with Gasteiger partial charge >= 0.3 is 0 Å². The van der Waals surface area contributed by atoms with E-state index in [1.165, 1.54) is 5.56 Å². The fourth-order valence-corrected chi connectivity index (χ4v) is 3.10. The highest BCUT2D eigenvalue weighted by molar-refractivity contribution is 14.0. The molecule has 21 heavy (non-hydrogen) atoms. The molecule has 4 nitrogen and oxygen atoms in total. The van der Waals surface area contributed by atoms with Gasteiger partial charge in [0.25, 0.3) is 0 Å². The Bertz CT molecular complexity index is 403. The Morgan fingerprint density at radius 2 is 2.19 bits per heavy atom. The van der Waals surface area contributed by atoms with E-state index in [-0.39, 0.29) is 24.0 Å². The average molecular weight is 423 g/mol. The highest BCUT2D eigenvalue weighted by Gasteiger charge is 2.21. The molecule has 0 unspecified atom stereocenters. The Morgan fingerprint density at radius 1 is 1.43 bits per heavy atom. The number of piperidine rings is 1. The van der Waals surface area contributed by atoms with Crippen LogP contribution in [0.4, 0.5) is 0 Å². The van der Waals surface area contributed by atoms with Crippen molar-refractivity contribution < 1.29 is 4.74 Å². The van der Waals surface area contributed by atoms with Crippen LogP contribution in [-0.4, -0.2) is 43.2 Å². The molecule has 0 spiro atoms. The van der Waals surface area contributed by atoms with Crippen molar-refractivity contribution in [3.05, 3.63) is 22.4 Å². The Kier molecular flexibility index (Phi) is 9.26. The van der Waals surface area contributed by atoms with Gasteiger partial charge in [0.05, 0.1) is 12.6 Å². The highest BCUT2D eigenvalue weighted by Crippen LogP contribution is 2.14. The van der Waals surface area contributed by atoms with Gasteiger partial charge in [-0.25, -0.2) is 4.99 Å². The van der Waals surface area contributed by atoms with Gasteiger partial charge in [-0.15, -0.1) is 24.0 Å². The number of ether oxygens (including phenoxy) is 1. The van der Waals surface area contributed by atoms with E-state index in [9.17, 15) is 0 Å². The van der Waals surface area contributed by atoms with E-state index in [0.717, 1.165) is 51.6 Å². The van der Waals surface area contributed by atoms with Crippen LogP contribution < -0.4 is 5.32 Å². The summed E-state index contributed by atoms with van der Waals surface area (Å²) in [6, 6.07) is 2.14. The van der Waals surface area contributed by atoms with Gasteiger partial charge in [0.2, 0.25) is 0 Å². The molecule has 1 aliphatic rings. The third-order valence-corrected chi connectivity index (χ3v) is 4.20. The quantitative estimate of drug-likeness (QED) is 0.449. The Hall–Kier alpha value is -0.340. The molecule has 0 aromatic carbocycles. The van der Waals surface area contributed by atoms with Crippen molar-refractivity contribution in [2.24, 2.45) is 4.99 Å². The predicted octanol–water partition coefficient (Wildman–Crippen LogP) is 3.33. The number of nitrogens with one attached hydrogen (secondary N) is 1. The van der Waals surface area contributed by atoms with Crippen LogP contribution in [0.3, 0.4) is 0 Å². The number of rotatable bonds is 5. The minimum atomic E-state index is 0. The number of halogens is 1. The fourth-order valence-electron chi connectivity index (χ4n) is 2.44. The molecular formula is C15H26IN3OS. The van der Waals surface area contributed by atoms with Crippen LogP contribution in [0.2, 0.25) is 0 Å². The molecule has 0 aliphatic carbocycles. The van der Waals surface area contributed by atoms with Gasteiger partial charge in [0, 0.05) is 26.2 Å². The van der Waals surface area contributed by atoms with E-state index in [4.69, 9.17) is 9.73 Å². The molecule has 0 atom stereocenters. The van der Waals surface area contributed by atoms with Crippen LogP contribution in [0.5, 0.6) is 0 Å². The van der Waals surface area contributed by atoms with Crippen molar-refractivity contribution in [2.75, 3.05) is 26.2 Å². The van der Waals surface area contributed by atoms with E-state index in [1.54, 1.807) is 11.3 Å². The molecule has 2 heterocycles. The zero-order valence-electron chi connectivity index (χ0n) is 12.9. The lowest BCUT2D eigenvalue weighted by Gasteiger charge is -2.34. The molecule has 1 fully saturated rings. The van der Waals surface area contributed by atoms with Crippen LogP contribution >= 0.6 is 35.3 Å². The van der Waals surface area contributed by atoms with E-state index in [0.29, 0.717) is 6.10 Å². The van der Waals surface area contributed by atoms with Crippen LogP contribution in [0.15, 0.2) is 21.8 Å². The summed E-state index contributed by atoms with van der Waals surface area (Å²) in [5, 5.41) is 7.66. The summed E-state index contributed by atoms with van der Waals surface area (Å²) in [7, 11) is 0. The normalized spacial score (nSPS) is 16.7. The van der Waals surface area contributed by atoms with Crippen molar-refractivity contribution in [3.63, 3.8) is 0 Å². The van der Waals surface area contributed by atoms with Crippen LogP contribution in [0, 0.1) is 0 Å². The van der Waals surface area contributed by atoms with Gasteiger partial charge in [0.1, 0.15) is 0 Å². The largest absolute Gasteiger partial charge is 0.378 e. The summed E-state index contributed by atoms with van der Waals surface area (Å²) in [5.41, 5.74) is 1.29. The topological polar surface area (TPSA) is 36.9 Å². The van der Waals surface area contributed by atoms with Crippen molar-refractivity contribution >= 4 is 41.3 Å². The maximum atomic E-state index is 5.70. The summed E-state index contributed by atoms with van der Waals surface area (Å²) in [6.45, 7) is 8.73. The van der Waals surface area contributed by atoms with Crippen molar-refractivity contribution in [3.8, 4) is 0 Å². The second-order valence-corrected chi connectivity index (χ2v) is 5.72. The molecule has 0 bridgehead atoms. The molecule has 120 valence electrons. The molecule has 1 aliphatic heterocycles. The zero-order valence-corrected chi connectivity index (χ0v) is 16.0. The van der Waals surface area contributed by atoms with E-state index in [1.807, 2.05) is 0 Å². The molecule has 0 saturated carbocycles. The first-order chi connectivity index (χ1) is 9.83. The average Bonchev–Trinajstić information content (AvgIpc) is 2.98. The number of hydrogen-bond acceptors (Lipinski definition) is 3. The second-order valence-electron chi connectivity index (χ2n) is 4.94. The standard InChI is InChI=1S/C15H25N3OS.HI/c1-3-16-15(17-11-13-7-10-20-12-13)18-8-5-14(6-9-18)19-4-2;/h7,10,12,14H,3-6,8-9,11H2,1-2H3,(H,16,17);1H. The smallest absolute Gasteiger partial charge is 0.194 e. The van der Waals surface area contributed by atoms with Crippen molar-refractivity contribution in [2.45, 2.75) is 39.3 Å². The molecular weight excluding hydrogens is 397 g/mol. The van der Waals surface area contributed by atoms with E-state index >= 15 is 0 Å². The number of aliphatic imine (C=N–C) groups is 1. The minimum absolute atomic E-state index is 0. The summed E-state index contributed by atoms with van der Waals surface area (Å²) in [5.74, 6) is 1.04. The maximum Gasteiger partial charge on any atom is 0.194 e. The maximum absolute atomic E-state index is 5.70. The molecule has 1 aromatic heterocycles. The lowest BCUT2D eigenvalue weighted by molar-refractivity contribution is 0.0263. The van der Waals surface area contributed by atoms with Crippen molar-refractivity contribution in [1.82, 2.24) is 10.2 Å². The predicted molar refractivity (Wildman–Crippen MR) is 101 cm³/mol. The summed E-state index contributed by atoms with van der Waals surface area (Å²) in [6.07, 6.45) is 2.61. The van der Waals surface area contributed by atoms with Gasteiger partial charge in [-0.1, -0.05) is 0 Å². The summed E-state index contributed by atoms with van der Waals surface area (Å²) in [4.78, 5) is 7.10. The van der Waals surface area contributed by atoms with Gasteiger partial charge in [-0.3, -0.25) is 0 Å². The van der Waals surface area contributed by atoms with Gasteiger partial charge in [-0.2, -0.15) is 11.3 Å². The van der Waals surface area contributed by atoms with Crippen LogP contribution in [0.1, 0.15) is 32.3 Å². The first-order valence-corrected chi connectivity index (χ1v) is 8.43. The zero-order chi connectivity index (χ0) is 14.2. The molecule has 1 saturated heterocycles. The van der Waals surface area contributed by atoms with E-state index in [2.05, 4.69) is 40.9 Å². The number of guanidine groups is 1. The number of likely N-dealkylation sites (tertiary alicyclic amines) is 1.